The quantitative estimate of drug-likeness (QED) is 0.706. The van der Waals surface area contributed by atoms with Gasteiger partial charge in [-0.2, -0.15) is 0 Å². The van der Waals surface area contributed by atoms with Crippen LogP contribution < -0.4 is 10.1 Å². The first-order valence-corrected chi connectivity index (χ1v) is 9.38. The van der Waals surface area contributed by atoms with E-state index in [1.807, 2.05) is 20.8 Å². The fraction of sp³-hybridized carbons (Fsp3) is 0.368. The van der Waals surface area contributed by atoms with Gasteiger partial charge in [0.15, 0.2) is 6.61 Å². The Kier molecular flexibility index (Phi) is 6.67. The van der Waals surface area contributed by atoms with Crippen molar-refractivity contribution in [3.8, 4) is 5.75 Å². The maximum absolute atomic E-state index is 12.3. The summed E-state index contributed by atoms with van der Waals surface area (Å²) in [6, 6.07) is 5.18. The van der Waals surface area contributed by atoms with Gasteiger partial charge in [0.05, 0.1) is 11.7 Å². The second-order valence-corrected chi connectivity index (χ2v) is 7.85. The average molecular weight is 396 g/mol. The number of benzene rings is 1. The molecule has 1 aromatic heterocycles. The van der Waals surface area contributed by atoms with Crippen molar-refractivity contribution < 1.29 is 19.1 Å². The second kappa shape index (κ2) is 8.56. The molecule has 1 N–H and O–H groups in total. The van der Waals surface area contributed by atoms with Gasteiger partial charge in [0.2, 0.25) is 0 Å². The van der Waals surface area contributed by atoms with Crippen LogP contribution in [0.5, 0.6) is 5.75 Å². The van der Waals surface area contributed by atoms with Gasteiger partial charge in [0.25, 0.3) is 5.91 Å². The van der Waals surface area contributed by atoms with Crippen molar-refractivity contribution in [3.05, 3.63) is 44.8 Å². The molecule has 0 unspecified atom stereocenters. The maximum atomic E-state index is 12.3. The number of hydrogen-bond acceptors (Lipinski definition) is 5. The van der Waals surface area contributed by atoms with Crippen LogP contribution in [0.1, 0.15) is 40.2 Å². The molecule has 2 aromatic rings. The van der Waals surface area contributed by atoms with Gasteiger partial charge < -0.3 is 14.8 Å². The summed E-state index contributed by atoms with van der Waals surface area (Å²) in [4.78, 5) is 25.6. The molecule has 0 aliphatic carbocycles. The molecule has 0 saturated carbocycles. The molecular formula is C19H22ClNO4S. The molecule has 5 nitrogen and oxygen atoms in total. The van der Waals surface area contributed by atoms with Crippen molar-refractivity contribution in [2.75, 3.05) is 11.9 Å². The van der Waals surface area contributed by atoms with E-state index < -0.39 is 5.97 Å². The highest BCUT2D eigenvalue weighted by Crippen LogP contribution is 2.33. The smallest absolute Gasteiger partial charge is 0.341 e. The van der Waals surface area contributed by atoms with E-state index >= 15 is 0 Å². The molecule has 26 heavy (non-hydrogen) atoms. The Morgan fingerprint density at radius 1 is 1.23 bits per heavy atom. The average Bonchev–Trinajstić information content (AvgIpc) is 2.80. The number of amides is 1. The summed E-state index contributed by atoms with van der Waals surface area (Å²) in [6.07, 6.45) is -0.234. The summed E-state index contributed by atoms with van der Waals surface area (Å²) in [5, 5.41) is 3.84. The van der Waals surface area contributed by atoms with Crippen molar-refractivity contribution in [1.29, 1.82) is 0 Å². The molecular weight excluding hydrogens is 374 g/mol. The molecule has 0 aliphatic heterocycles. The van der Waals surface area contributed by atoms with Crippen LogP contribution in [0.3, 0.4) is 0 Å². The van der Waals surface area contributed by atoms with E-state index in [2.05, 4.69) is 5.32 Å². The van der Waals surface area contributed by atoms with Crippen LogP contribution >= 0.6 is 22.9 Å². The lowest BCUT2D eigenvalue weighted by molar-refractivity contribution is -0.118. The summed E-state index contributed by atoms with van der Waals surface area (Å²) in [6.45, 7) is 8.99. The molecule has 7 heteroatoms. The molecule has 1 aromatic carbocycles. The predicted octanol–water partition coefficient (Wildman–Crippen LogP) is 4.91. The van der Waals surface area contributed by atoms with E-state index in [1.54, 1.807) is 32.0 Å². The van der Waals surface area contributed by atoms with Crippen molar-refractivity contribution in [1.82, 2.24) is 0 Å². The van der Waals surface area contributed by atoms with Crippen LogP contribution in [0.25, 0.3) is 0 Å². The minimum absolute atomic E-state index is 0.170. The van der Waals surface area contributed by atoms with Crippen LogP contribution in [0.4, 0.5) is 5.00 Å². The fourth-order valence-corrected chi connectivity index (χ4v) is 3.61. The topological polar surface area (TPSA) is 64.6 Å². The molecule has 0 aliphatic rings. The standard InChI is InChI=1S/C19H22ClNO4S/c1-10(2)25-19(23)17-12(4)13(5)26-18(17)21-16(22)9-24-15-7-6-14(20)8-11(15)3/h6-8,10H,9H2,1-5H3,(H,21,22). The summed E-state index contributed by atoms with van der Waals surface area (Å²) in [5.74, 6) is -0.201. The van der Waals surface area contributed by atoms with E-state index in [4.69, 9.17) is 21.1 Å². The first kappa shape index (κ1) is 20.3. The second-order valence-electron chi connectivity index (χ2n) is 6.19. The first-order chi connectivity index (χ1) is 12.2. The lowest BCUT2D eigenvalue weighted by atomic mass is 10.1. The Hall–Kier alpha value is -2.05. The number of hydrogen-bond donors (Lipinski definition) is 1. The van der Waals surface area contributed by atoms with Crippen molar-refractivity contribution in [3.63, 3.8) is 0 Å². The largest absolute Gasteiger partial charge is 0.483 e. The Labute approximate surface area is 162 Å². The molecule has 0 radical (unpaired) electrons. The highest BCUT2D eigenvalue weighted by molar-refractivity contribution is 7.16. The van der Waals surface area contributed by atoms with Gasteiger partial charge in [-0.1, -0.05) is 11.6 Å². The Morgan fingerprint density at radius 2 is 1.92 bits per heavy atom. The number of carbonyl (C=O) groups is 2. The fourth-order valence-electron chi connectivity index (χ4n) is 2.31. The summed E-state index contributed by atoms with van der Waals surface area (Å²) < 4.78 is 10.8. The highest BCUT2D eigenvalue weighted by Gasteiger charge is 2.23. The van der Waals surface area contributed by atoms with E-state index in [9.17, 15) is 9.59 Å². The third-order valence-electron chi connectivity index (χ3n) is 3.68. The normalized spacial score (nSPS) is 10.7. The van der Waals surface area contributed by atoms with E-state index in [1.165, 1.54) is 11.3 Å². The molecule has 0 bridgehead atoms. The van der Waals surface area contributed by atoms with Gasteiger partial charge in [-0.15, -0.1) is 11.3 Å². The van der Waals surface area contributed by atoms with Crippen LogP contribution in [0, 0.1) is 20.8 Å². The van der Waals surface area contributed by atoms with Gasteiger partial charge >= 0.3 is 5.97 Å². The number of halogens is 1. The maximum Gasteiger partial charge on any atom is 0.341 e. The summed E-state index contributed by atoms with van der Waals surface area (Å²) in [7, 11) is 0. The minimum atomic E-state index is -0.438. The Morgan fingerprint density at radius 3 is 2.54 bits per heavy atom. The number of esters is 1. The molecule has 140 valence electrons. The van der Waals surface area contributed by atoms with Crippen LogP contribution in [-0.2, 0) is 9.53 Å². The number of nitrogens with one attached hydrogen (secondary N) is 1. The van der Waals surface area contributed by atoms with Crippen LogP contribution in [0.2, 0.25) is 5.02 Å². The SMILES string of the molecule is Cc1cc(Cl)ccc1OCC(=O)Nc1sc(C)c(C)c1C(=O)OC(C)C. The zero-order chi connectivity index (χ0) is 19.4. The lowest BCUT2D eigenvalue weighted by Gasteiger charge is -2.11. The van der Waals surface area contributed by atoms with Crippen LogP contribution in [-0.4, -0.2) is 24.6 Å². The monoisotopic (exact) mass is 395 g/mol. The van der Waals surface area contributed by atoms with Gasteiger partial charge in [-0.05, 0) is 63.9 Å². The van der Waals surface area contributed by atoms with Gasteiger partial charge in [-0.25, -0.2) is 4.79 Å². The first-order valence-electron chi connectivity index (χ1n) is 8.18. The molecule has 1 amide bonds. The van der Waals surface area contributed by atoms with E-state index in [0.29, 0.717) is 21.3 Å². The van der Waals surface area contributed by atoms with E-state index in [-0.39, 0.29) is 18.6 Å². The lowest BCUT2D eigenvalue weighted by Crippen LogP contribution is -2.22. The Balaban J connectivity index is 2.09. The minimum Gasteiger partial charge on any atom is -0.483 e. The van der Waals surface area contributed by atoms with Crippen molar-refractivity contribution in [2.24, 2.45) is 0 Å². The van der Waals surface area contributed by atoms with Crippen molar-refractivity contribution >= 4 is 39.8 Å². The molecule has 0 saturated heterocycles. The predicted molar refractivity (Wildman–Crippen MR) is 105 cm³/mol. The van der Waals surface area contributed by atoms with Crippen molar-refractivity contribution in [2.45, 2.75) is 40.7 Å². The molecule has 0 spiro atoms. The molecule has 0 atom stereocenters. The number of carbonyl (C=O) groups excluding carboxylic acids is 2. The number of ether oxygens (including phenoxy) is 2. The van der Waals surface area contributed by atoms with Gasteiger partial charge in [0.1, 0.15) is 10.8 Å². The molecule has 1 heterocycles. The van der Waals surface area contributed by atoms with Gasteiger partial charge in [-0.3, -0.25) is 4.79 Å². The molecule has 0 fully saturated rings. The Bertz CT molecular complexity index is 829. The zero-order valence-corrected chi connectivity index (χ0v) is 17.0. The summed E-state index contributed by atoms with van der Waals surface area (Å²) in [5.41, 5.74) is 2.05. The zero-order valence-electron chi connectivity index (χ0n) is 15.4. The van der Waals surface area contributed by atoms with Crippen LogP contribution in [0.15, 0.2) is 18.2 Å². The van der Waals surface area contributed by atoms with E-state index in [0.717, 1.165) is 16.0 Å². The third-order valence-corrected chi connectivity index (χ3v) is 5.04. The van der Waals surface area contributed by atoms with Gasteiger partial charge in [0, 0.05) is 9.90 Å². The summed E-state index contributed by atoms with van der Waals surface area (Å²) >= 11 is 7.26. The highest BCUT2D eigenvalue weighted by atomic mass is 35.5. The number of anilines is 1. The number of rotatable bonds is 6. The third kappa shape index (κ3) is 4.99. The molecule has 2 rings (SSSR count). The number of aryl methyl sites for hydroxylation is 2. The number of thiophene rings is 1.